The maximum absolute atomic E-state index is 12.6. The number of carbonyl (C=O) groups excluding carboxylic acids is 1. The van der Waals surface area contributed by atoms with Gasteiger partial charge in [0.2, 0.25) is 0 Å². The van der Waals surface area contributed by atoms with Gasteiger partial charge in [0.15, 0.2) is 0 Å². The molecular formula is C19H21NO. The molecule has 0 aromatic heterocycles. The molecule has 0 aliphatic heterocycles. The lowest BCUT2D eigenvalue weighted by atomic mass is 9.58. The Balaban J connectivity index is 1.35. The van der Waals surface area contributed by atoms with E-state index in [2.05, 4.69) is 42.3 Å². The Bertz CT molecular complexity index is 640. The Morgan fingerprint density at radius 3 is 2.62 bits per heavy atom. The van der Waals surface area contributed by atoms with Crippen LogP contribution in [0.15, 0.2) is 30.3 Å². The van der Waals surface area contributed by atoms with E-state index >= 15 is 0 Å². The van der Waals surface area contributed by atoms with Crippen LogP contribution in [-0.4, -0.2) is 23.8 Å². The van der Waals surface area contributed by atoms with Crippen molar-refractivity contribution in [1.82, 2.24) is 4.90 Å². The summed E-state index contributed by atoms with van der Waals surface area (Å²) in [7, 11) is 2.30. The molecule has 108 valence electrons. The van der Waals surface area contributed by atoms with Crippen LogP contribution >= 0.6 is 0 Å². The minimum atomic E-state index is 0.461. The summed E-state index contributed by atoms with van der Waals surface area (Å²) in [4.78, 5) is 15.2. The van der Waals surface area contributed by atoms with Crippen molar-refractivity contribution in [2.45, 2.75) is 19.0 Å². The fraction of sp³-hybridized carbons (Fsp3) is 0.632. The number of nitrogens with zero attached hydrogens (tertiary/aromatic N) is 1. The fourth-order valence-corrected chi connectivity index (χ4v) is 7.68. The Hall–Kier alpha value is -1.15. The topological polar surface area (TPSA) is 20.3 Å². The van der Waals surface area contributed by atoms with Gasteiger partial charge in [-0.3, -0.25) is 9.69 Å². The number of ketones is 1. The number of fused-ring (bicyclic) bond motifs is 2. The summed E-state index contributed by atoms with van der Waals surface area (Å²) >= 11 is 0. The van der Waals surface area contributed by atoms with E-state index in [4.69, 9.17) is 0 Å². The first-order valence-electron chi connectivity index (χ1n) is 8.55. The summed E-state index contributed by atoms with van der Waals surface area (Å²) in [5, 5.41) is 0. The summed E-state index contributed by atoms with van der Waals surface area (Å²) in [6.07, 6.45) is 1.39. The molecule has 5 fully saturated rings. The standard InChI is InChI=1S/C19H21NO/c1-20(8-9-5-3-2-4-6-9)18-14-10-7-11-13-12(10)16(18)17(13)19(21)15(11)14/h2-6,10-18H,7-8H2,1H3/t10-,11+,12-,13-,14+,15-,16+,17+,18-/m0/s1. The maximum Gasteiger partial charge on any atom is 0.140 e. The van der Waals surface area contributed by atoms with Gasteiger partial charge in [-0.1, -0.05) is 30.3 Å². The van der Waals surface area contributed by atoms with Gasteiger partial charge >= 0.3 is 0 Å². The molecule has 0 spiro atoms. The van der Waals surface area contributed by atoms with Crippen molar-refractivity contribution in [3.63, 3.8) is 0 Å². The molecule has 0 heterocycles. The minimum absolute atomic E-state index is 0.461. The molecule has 0 unspecified atom stereocenters. The first-order chi connectivity index (χ1) is 10.3. The van der Waals surface area contributed by atoms with E-state index in [1.807, 2.05) is 0 Å². The second-order valence-electron chi connectivity index (χ2n) is 8.22. The van der Waals surface area contributed by atoms with E-state index in [0.717, 1.165) is 36.1 Å². The van der Waals surface area contributed by atoms with Crippen molar-refractivity contribution < 1.29 is 4.79 Å². The zero-order valence-corrected chi connectivity index (χ0v) is 12.4. The van der Waals surface area contributed by atoms with Crippen LogP contribution in [0.25, 0.3) is 0 Å². The smallest absolute Gasteiger partial charge is 0.140 e. The van der Waals surface area contributed by atoms with E-state index in [1.165, 1.54) is 12.0 Å². The van der Waals surface area contributed by atoms with Gasteiger partial charge in [0.1, 0.15) is 5.78 Å². The molecule has 2 heteroatoms. The van der Waals surface area contributed by atoms with Crippen LogP contribution in [0.3, 0.4) is 0 Å². The molecule has 5 aliphatic rings. The molecule has 2 nitrogen and oxygen atoms in total. The molecule has 21 heavy (non-hydrogen) atoms. The van der Waals surface area contributed by atoms with Crippen LogP contribution in [0, 0.1) is 47.3 Å². The van der Waals surface area contributed by atoms with E-state index in [9.17, 15) is 4.79 Å². The molecule has 0 amide bonds. The second kappa shape index (κ2) is 3.43. The van der Waals surface area contributed by atoms with Crippen LogP contribution in [0.1, 0.15) is 12.0 Å². The Labute approximate surface area is 125 Å². The molecule has 0 radical (unpaired) electrons. The molecule has 9 atom stereocenters. The van der Waals surface area contributed by atoms with E-state index in [1.54, 1.807) is 0 Å². The summed E-state index contributed by atoms with van der Waals surface area (Å²) in [6.45, 7) is 1.04. The largest absolute Gasteiger partial charge is 0.299 e. The van der Waals surface area contributed by atoms with Gasteiger partial charge in [-0.05, 0) is 54.5 Å². The van der Waals surface area contributed by atoms with Crippen LogP contribution < -0.4 is 0 Å². The normalized spacial score (nSPS) is 54.0. The van der Waals surface area contributed by atoms with Crippen molar-refractivity contribution in [2.24, 2.45) is 47.3 Å². The first-order valence-corrected chi connectivity index (χ1v) is 8.55. The summed E-state index contributed by atoms with van der Waals surface area (Å²) in [5.74, 6) is 6.49. The van der Waals surface area contributed by atoms with Gasteiger partial charge in [0, 0.05) is 24.4 Å². The molecule has 5 aliphatic carbocycles. The number of hydrogen-bond acceptors (Lipinski definition) is 2. The zero-order chi connectivity index (χ0) is 13.9. The van der Waals surface area contributed by atoms with Gasteiger partial charge in [-0.15, -0.1) is 0 Å². The zero-order valence-electron chi connectivity index (χ0n) is 12.4. The lowest BCUT2D eigenvalue weighted by molar-refractivity contribution is -0.137. The Morgan fingerprint density at radius 2 is 1.81 bits per heavy atom. The van der Waals surface area contributed by atoms with Gasteiger partial charge in [-0.25, -0.2) is 0 Å². The van der Waals surface area contributed by atoms with E-state index in [0.29, 0.717) is 29.6 Å². The summed E-state index contributed by atoms with van der Waals surface area (Å²) in [6, 6.07) is 11.5. The lowest BCUT2D eigenvalue weighted by Gasteiger charge is -2.48. The molecule has 0 N–H and O–H groups in total. The van der Waals surface area contributed by atoms with E-state index in [-0.39, 0.29) is 0 Å². The van der Waals surface area contributed by atoms with Crippen molar-refractivity contribution in [3.05, 3.63) is 35.9 Å². The second-order valence-corrected chi connectivity index (χ2v) is 8.22. The molecule has 1 aromatic rings. The third-order valence-electron chi connectivity index (χ3n) is 7.85. The average molecular weight is 279 g/mol. The Kier molecular flexibility index (Phi) is 1.87. The number of Topliss-reactive ketones (excluding diaryl/α,β-unsaturated/α-hetero) is 1. The van der Waals surface area contributed by atoms with Crippen molar-refractivity contribution >= 4 is 5.78 Å². The summed E-state index contributed by atoms with van der Waals surface area (Å²) < 4.78 is 0. The molecule has 1 aromatic carbocycles. The molecule has 0 saturated heterocycles. The highest BCUT2D eigenvalue weighted by Crippen LogP contribution is 2.82. The van der Waals surface area contributed by atoms with Gasteiger partial charge in [0.25, 0.3) is 0 Å². The molecule has 2 bridgehead atoms. The highest BCUT2D eigenvalue weighted by molar-refractivity contribution is 5.91. The third-order valence-corrected chi connectivity index (χ3v) is 7.85. The minimum Gasteiger partial charge on any atom is -0.299 e. The number of rotatable bonds is 3. The monoisotopic (exact) mass is 279 g/mol. The lowest BCUT2D eigenvalue weighted by Crippen LogP contribution is -2.54. The van der Waals surface area contributed by atoms with Crippen molar-refractivity contribution in [3.8, 4) is 0 Å². The molecule has 5 saturated carbocycles. The van der Waals surface area contributed by atoms with Gasteiger partial charge in [0.05, 0.1) is 0 Å². The van der Waals surface area contributed by atoms with Gasteiger partial charge in [-0.2, -0.15) is 0 Å². The quantitative estimate of drug-likeness (QED) is 0.847. The predicted octanol–water partition coefficient (Wildman–Crippen LogP) is 2.44. The number of hydrogen-bond donors (Lipinski definition) is 0. The molecule has 6 rings (SSSR count). The van der Waals surface area contributed by atoms with Crippen molar-refractivity contribution in [1.29, 1.82) is 0 Å². The average Bonchev–Trinajstić information content (AvgIpc) is 2.98. The number of benzene rings is 1. The SMILES string of the molecule is CN(Cc1ccccc1)[C@H]1[C@@H]2[C@H]3C[C@H]4[C@@H]2C(=O)[C@@H]2[C@@H]4[C@H]3[C@H]21. The van der Waals surface area contributed by atoms with Crippen LogP contribution in [0.4, 0.5) is 0 Å². The maximum atomic E-state index is 12.6. The highest BCUT2D eigenvalue weighted by Gasteiger charge is 2.83. The fourth-order valence-electron chi connectivity index (χ4n) is 7.68. The third kappa shape index (κ3) is 1.07. The first kappa shape index (κ1) is 11.4. The highest BCUT2D eigenvalue weighted by atomic mass is 16.1. The van der Waals surface area contributed by atoms with Crippen LogP contribution in [0.5, 0.6) is 0 Å². The van der Waals surface area contributed by atoms with Crippen molar-refractivity contribution in [2.75, 3.05) is 7.05 Å². The number of carbonyl (C=O) groups is 1. The van der Waals surface area contributed by atoms with E-state index < -0.39 is 0 Å². The van der Waals surface area contributed by atoms with Gasteiger partial charge < -0.3 is 0 Å². The van der Waals surface area contributed by atoms with Crippen LogP contribution in [-0.2, 0) is 11.3 Å². The van der Waals surface area contributed by atoms with Crippen LogP contribution in [0.2, 0.25) is 0 Å². The predicted molar refractivity (Wildman–Crippen MR) is 79.2 cm³/mol. The Morgan fingerprint density at radius 1 is 1.00 bits per heavy atom. The molecular weight excluding hydrogens is 258 g/mol. The summed E-state index contributed by atoms with van der Waals surface area (Å²) in [5.41, 5.74) is 1.41.